The van der Waals surface area contributed by atoms with Gasteiger partial charge in [0.25, 0.3) is 0 Å². The largest absolute Gasteiger partial charge is 0.370 e. The average Bonchev–Trinajstić information content (AvgIpc) is 2.49. The number of aryl methyl sites for hydroxylation is 1. The lowest BCUT2D eigenvalue weighted by molar-refractivity contribution is -0.00823. The highest BCUT2D eigenvalue weighted by Crippen LogP contribution is 2.24. The molecule has 2 rings (SSSR count). The monoisotopic (exact) mass is 271 g/mol. The summed E-state index contributed by atoms with van der Waals surface area (Å²) in [7, 11) is 1.77. The Bertz CT molecular complexity index is 519. The quantitative estimate of drug-likeness (QED) is 0.504. The molecule has 4 nitrogen and oxygen atoms in total. The predicted molar refractivity (Wildman–Crippen MR) is 81.6 cm³/mol. The summed E-state index contributed by atoms with van der Waals surface area (Å²) in [5.41, 5.74) is 2.50. The molecular formula is C16H21N3O. The standard InChI is InChI=1S/C16H21N3O/c1-4-9-18-16(17-3)19-10-11-20-15(12-19)14-8-6-5-7-13(14)2/h1,5-8,15H,9-12H2,2-3H3,(H,17,18). The molecule has 4 heteroatoms. The Hall–Kier alpha value is -1.99. The van der Waals surface area contributed by atoms with Gasteiger partial charge in [0.05, 0.1) is 19.7 Å². The van der Waals surface area contributed by atoms with E-state index in [2.05, 4.69) is 46.3 Å². The van der Waals surface area contributed by atoms with Crippen LogP contribution in [0.15, 0.2) is 29.3 Å². The first-order valence-electron chi connectivity index (χ1n) is 6.82. The Morgan fingerprint density at radius 2 is 2.35 bits per heavy atom. The number of hydrogen-bond acceptors (Lipinski definition) is 2. The second-order valence-electron chi connectivity index (χ2n) is 4.77. The molecule has 1 aromatic rings. The van der Waals surface area contributed by atoms with E-state index >= 15 is 0 Å². The topological polar surface area (TPSA) is 36.9 Å². The molecule has 0 aliphatic carbocycles. The second kappa shape index (κ2) is 6.97. The highest BCUT2D eigenvalue weighted by molar-refractivity contribution is 5.80. The number of morpholine rings is 1. The molecule has 0 radical (unpaired) electrons. The number of guanidine groups is 1. The Morgan fingerprint density at radius 1 is 1.55 bits per heavy atom. The van der Waals surface area contributed by atoms with Crippen LogP contribution in [0.4, 0.5) is 0 Å². The smallest absolute Gasteiger partial charge is 0.194 e. The predicted octanol–water partition coefficient (Wildman–Crippen LogP) is 1.58. The van der Waals surface area contributed by atoms with Crippen LogP contribution >= 0.6 is 0 Å². The Labute approximate surface area is 120 Å². The van der Waals surface area contributed by atoms with E-state index in [0.717, 1.165) is 19.0 Å². The van der Waals surface area contributed by atoms with Crippen molar-refractivity contribution in [3.63, 3.8) is 0 Å². The van der Waals surface area contributed by atoms with Crippen molar-refractivity contribution in [2.75, 3.05) is 33.3 Å². The van der Waals surface area contributed by atoms with Crippen LogP contribution in [0.3, 0.4) is 0 Å². The molecule has 0 amide bonds. The molecule has 1 aliphatic rings. The van der Waals surface area contributed by atoms with Gasteiger partial charge in [-0.05, 0) is 18.1 Å². The van der Waals surface area contributed by atoms with Gasteiger partial charge in [0.15, 0.2) is 5.96 Å². The van der Waals surface area contributed by atoms with Crippen molar-refractivity contribution in [2.24, 2.45) is 4.99 Å². The lowest BCUT2D eigenvalue weighted by atomic mass is 10.0. The van der Waals surface area contributed by atoms with Crippen LogP contribution in [0.1, 0.15) is 17.2 Å². The lowest BCUT2D eigenvalue weighted by Gasteiger charge is -2.35. The lowest BCUT2D eigenvalue weighted by Crippen LogP contribution is -2.48. The van der Waals surface area contributed by atoms with Gasteiger partial charge in [-0.1, -0.05) is 30.2 Å². The third-order valence-electron chi connectivity index (χ3n) is 3.46. The van der Waals surface area contributed by atoms with Gasteiger partial charge < -0.3 is 15.0 Å². The fourth-order valence-corrected chi connectivity index (χ4v) is 2.44. The van der Waals surface area contributed by atoms with Crippen molar-refractivity contribution in [3.05, 3.63) is 35.4 Å². The number of benzene rings is 1. The summed E-state index contributed by atoms with van der Waals surface area (Å²) in [5.74, 6) is 3.41. The van der Waals surface area contributed by atoms with E-state index in [4.69, 9.17) is 11.2 Å². The summed E-state index contributed by atoms with van der Waals surface area (Å²) in [6.07, 6.45) is 5.37. The van der Waals surface area contributed by atoms with E-state index in [1.54, 1.807) is 7.05 Å². The fraction of sp³-hybridized carbons (Fsp3) is 0.438. The van der Waals surface area contributed by atoms with Crippen LogP contribution in [0.2, 0.25) is 0 Å². The summed E-state index contributed by atoms with van der Waals surface area (Å²) in [4.78, 5) is 6.47. The third-order valence-corrected chi connectivity index (χ3v) is 3.46. The maximum atomic E-state index is 5.91. The van der Waals surface area contributed by atoms with Crippen molar-refractivity contribution in [2.45, 2.75) is 13.0 Å². The summed E-state index contributed by atoms with van der Waals surface area (Å²) in [6, 6.07) is 8.34. The zero-order chi connectivity index (χ0) is 14.4. The van der Waals surface area contributed by atoms with E-state index in [0.29, 0.717) is 13.2 Å². The van der Waals surface area contributed by atoms with Gasteiger partial charge in [-0.15, -0.1) is 6.42 Å². The van der Waals surface area contributed by atoms with Crippen molar-refractivity contribution < 1.29 is 4.74 Å². The zero-order valence-corrected chi connectivity index (χ0v) is 12.1. The number of nitrogens with one attached hydrogen (secondary N) is 1. The first-order valence-corrected chi connectivity index (χ1v) is 6.82. The average molecular weight is 271 g/mol. The molecule has 0 bridgehead atoms. The maximum Gasteiger partial charge on any atom is 0.194 e. The Morgan fingerprint density at radius 3 is 3.05 bits per heavy atom. The van der Waals surface area contributed by atoms with Gasteiger partial charge in [0.2, 0.25) is 0 Å². The second-order valence-corrected chi connectivity index (χ2v) is 4.77. The molecule has 1 unspecified atom stereocenters. The molecule has 1 N–H and O–H groups in total. The van der Waals surface area contributed by atoms with Crippen LogP contribution in [0, 0.1) is 19.3 Å². The van der Waals surface area contributed by atoms with Crippen molar-refractivity contribution in [1.82, 2.24) is 10.2 Å². The number of nitrogens with zero attached hydrogens (tertiary/aromatic N) is 2. The Balaban J connectivity index is 2.09. The van der Waals surface area contributed by atoms with E-state index in [1.165, 1.54) is 11.1 Å². The summed E-state index contributed by atoms with van der Waals surface area (Å²) in [5, 5.41) is 3.16. The SMILES string of the molecule is C#CCNC(=NC)N1CCOC(c2ccccc2C)C1. The normalized spacial score (nSPS) is 19.6. The minimum absolute atomic E-state index is 0.0781. The summed E-state index contributed by atoms with van der Waals surface area (Å²) >= 11 is 0. The number of rotatable bonds is 2. The number of aliphatic imine (C=N–C) groups is 1. The van der Waals surface area contributed by atoms with Crippen LogP contribution in [-0.2, 0) is 4.74 Å². The number of ether oxygens (including phenoxy) is 1. The van der Waals surface area contributed by atoms with E-state index in [9.17, 15) is 0 Å². The molecule has 0 spiro atoms. The molecule has 1 aromatic carbocycles. The van der Waals surface area contributed by atoms with Gasteiger partial charge in [-0.25, -0.2) is 0 Å². The first kappa shape index (κ1) is 14.4. The third kappa shape index (κ3) is 3.31. The molecule has 0 saturated carbocycles. The van der Waals surface area contributed by atoms with Crippen LogP contribution in [0.25, 0.3) is 0 Å². The van der Waals surface area contributed by atoms with Crippen molar-refractivity contribution in [3.8, 4) is 12.3 Å². The molecule has 1 saturated heterocycles. The summed E-state index contributed by atoms with van der Waals surface area (Å²) in [6.45, 7) is 4.90. The van der Waals surface area contributed by atoms with Gasteiger partial charge in [-0.3, -0.25) is 4.99 Å². The molecule has 1 atom stereocenters. The van der Waals surface area contributed by atoms with Crippen LogP contribution in [-0.4, -0.2) is 44.1 Å². The van der Waals surface area contributed by atoms with E-state index in [-0.39, 0.29) is 6.10 Å². The van der Waals surface area contributed by atoms with Crippen LogP contribution in [0.5, 0.6) is 0 Å². The first-order chi connectivity index (χ1) is 9.76. The van der Waals surface area contributed by atoms with Gasteiger partial charge in [-0.2, -0.15) is 0 Å². The molecule has 106 valence electrons. The minimum Gasteiger partial charge on any atom is -0.370 e. The molecule has 1 heterocycles. The number of terminal acetylenes is 1. The molecule has 1 fully saturated rings. The molecular weight excluding hydrogens is 250 g/mol. The molecule has 1 aliphatic heterocycles. The minimum atomic E-state index is 0.0781. The highest BCUT2D eigenvalue weighted by Gasteiger charge is 2.24. The van der Waals surface area contributed by atoms with Gasteiger partial charge in [0, 0.05) is 13.6 Å². The fourth-order valence-electron chi connectivity index (χ4n) is 2.44. The highest BCUT2D eigenvalue weighted by atomic mass is 16.5. The maximum absolute atomic E-state index is 5.91. The van der Waals surface area contributed by atoms with E-state index < -0.39 is 0 Å². The van der Waals surface area contributed by atoms with Gasteiger partial charge in [0.1, 0.15) is 6.10 Å². The van der Waals surface area contributed by atoms with Crippen molar-refractivity contribution in [1.29, 1.82) is 0 Å². The molecule has 0 aromatic heterocycles. The van der Waals surface area contributed by atoms with Crippen LogP contribution < -0.4 is 5.32 Å². The zero-order valence-electron chi connectivity index (χ0n) is 12.1. The summed E-state index contributed by atoms with van der Waals surface area (Å²) < 4.78 is 5.91. The Kier molecular flexibility index (Phi) is 5.03. The van der Waals surface area contributed by atoms with Crippen molar-refractivity contribution >= 4 is 5.96 Å². The van der Waals surface area contributed by atoms with Gasteiger partial charge >= 0.3 is 0 Å². The molecule has 20 heavy (non-hydrogen) atoms. The van der Waals surface area contributed by atoms with E-state index in [1.807, 2.05) is 6.07 Å². The number of hydrogen-bond donors (Lipinski definition) is 1.